The van der Waals surface area contributed by atoms with Gasteiger partial charge in [-0.25, -0.2) is 9.80 Å². The molecule has 0 atom stereocenters. The summed E-state index contributed by atoms with van der Waals surface area (Å²) in [5.74, 6) is -0.960. The Balaban J connectivity index is 2.10. The number of hydrazine groups is 1. The molecule has 0 bridgehead atoms. The van der Waals surface area contributed by atoms with E-state index in [-0.39, 0.29) is 5.56 Å². The number of aromatic nitrogens is 1. The number of nitrogens with one attached hydrogen (secondary N) is 1. The highest BCUT2D eigenvalue weighted by Gasteiger charge is 2.14. The van der Waals surface area contributed by atoms with Crippen LogP contribution in [0.15, 0.2) is 18.5 Å². The van der Waals surface area contributed by atoms with Gasteiger partial charge in [0.05, 0.1) is 30.7 Å². The monoisotopic (exact) mass is 223 g/mol. The number of anilines is 1. The standard InChI is InChI=1S/C10H13N3O3/c14-10(15)8-1-2-11-7-9(8)12-13-3-5-16-6-4-13/h1-2,7,12H,3-6H2,(H,14,15). The number of rotatable bonds is 3. The van der Waals surface area contributed by atoms with Crippen LogP contribution in [0.4, 0.5) is 5.69 Å². The zero-order valence-electron chi connectivity index (χ0n) is 8.72. The van der Waals surface area contributed by atoms with Crippen molar-refractivity contribution in [3.63, 3.8) is 0 Å². The summed E-state index contributed by atoms with van der Waals surface area (Å²) in [4.78, 5) is 14.9. The predicted molar refractivity (Wildman–Crippen MR) is 57.2 cm³/mol. The second-order valence-corrected chi connectivity index (χ2v) is 3.44. The average molecular weight is 223 g/mol. The third kappa shape index (κ3) is 2.47. The van der Waals surface area contributed by atoms with Crippen molar-refractivity contribution in [1.82, 2.24) is 9.99 Å². The number of nitrogens with zero attached hydrogens (tertiary/aromatic N) is 2. The van der Waals surface area contributed by atoms with E-state index in [1.807, 2.05) is 5.01 Å². The first kappa shape index (κ1) is 10.8. The minimum atomic E-state index is -0.960. The Labute approximate surface area is 92.8 Å². The van der Waals surface area contributed by atoms with Crippen LogP contribution < -0.4 is 5.43 Å². The number of morpholine rings is 1. The number of ether oxygens (including phenoxy) is 1. The number of aromatic carboxylic acids is 1. The maximum Gasteiger partial charge on any atom is 0.337 e. The van der Waals surface area contributed by atoms with Gasteiger partial charge in [-0.15, -0.1) is 0 Å². The van der Waals surface area contributed by atoms with Crippen molar-refractivity contribution in [3.8, 4) is 0 Å². The van der Waals surface area contributed by atoms with Crippen molar-refractivity contribution in [2.45, 2.75) is 0 Å². The first-order valence-electron chi connectivity index (χ1n) is 5.04. The van der Waals surface area contributed by atoms with Crippen LogP contribution in [0.1, 0.15) is 10.4 Å². The van der Waals surface area contributed by atoms with Gasteiger partial charge in [-0.2, -0.15) is 0 Å². The highest BCUT2D eigenvalue weighted by atomic mass is 16.5. The third-order valence-electron chi connectivity index (χ3n) is 2.34. The summed E-state index contributed by atoms with van der Waals surface area (Å²) in [5, 5.41) is 10.9. The zero-order chi connectivity index (χ0) is 11.4. The maximum absolute atomic E-state index is 11.0. The molecule has 1 aromatic heterocycles. The molecule has 1 aliphatic rings. The molecule has 0 unspecified atom stereocenters. The highest BCUT2D eigenvalue weighted by molar-refractivity contribution is 5.93. The lowest BCUT2D eigenvalue weighted by molar-refractivity contribution is 0.0495. The van der Waals surface area contributed by atoms with Gasteiger partial charge in [-0.3, -0.25) is 4.98 Å². The van der Waals surface area contributed by atoms with Crippen LogP contribution in [0.2, 0.25) is 0 Å². The van der Waals surface area contributed by atoms with Crippen LogP contribution in [0.25, 0.3) is 0 Å². The third-order valence-corrected chi connectivity index (χ3v) is 2.34. The Bertz CT molecular complexity index is 377. The molecule has 2 rings (SSSR count). The van der Waals surface area contributed by atoms with Gasteiger partial charge in [0.25, 0.3) is 0 Å². The molecule has 0 aliphatic carbocycles. The van der Waals surface area contributed by atoms with E-state index in [0.717, 1.165) is 13.1 Å². The van der Waals surface area contributed by atoms with E-state index in [2.05, 4.69) is 10.4 Å². The van der Waals surface area contributed by atoms with Crippen LogP contribution in [-0.2, 0) is 4.74 Å². The summed E-state index contributed by atoms with van der Waals surface area (Å²) < 4.78 is 5.20. The molecule has 1 saturated heterocycles. The molecule has 0 radical (unpaired) electrons. The molecule has 16 heavy (non-hydrogen) atoms. The maximum atomic E-state index is 11.0. The molecular weight excluding hydrogens is 210 g/mol. The second-order valence-electron chi connectivity index (χ2n) is 3.44. The Morgan fingerprint density at radius 2 is 2.25 bits per heavy atom. The smallest absolute Gasteiger partial charge is 0.337 e. The molecule has 2 N–H and O–H groups in total. The SMILES string of the molecule is O=C(O)c1ccncc1NN1CCOCC1. The lowest BCUT2D eigenvalue weighted by Gasteiger charge is -2.28. The minimum Gasteiger partial charge on any atom is -0.478 e. The van der Waals surface area contributed by atoms with E-state index in [9.17, 15) is 4.79 Å². The Kier molecular flexibility index (Phi) is 3.33. The van der Waals surface area contributed by atoms with E-state index in [0.29, 0.717) is 18.9 Å². The number of pyridine rings is 1. The summed E-state index contributed by atoms with van der Waals surface area (Å²) in [7, 11) is 0. The van der Waals surface area contributed by atoms with Crippen molar-refractivity contribution < 1.29 is 14.6 Å². The lowest BCUT2D eigenvalue weighted by Crippen LogP contribution is -2.40. The summed E-state index contributed by atoms with van der Waals surface area (Å²) in [5.41, 5.74) is 3.78. The normalized spacial score (nSPS) is 17.0. The largest absolute Gasteiger partial charge is 0.478 e. The topological polar surface area (TPSA) is 74.7 Å². The number of hydrogen-bond donors (Lipinski definition) is 2. The van der Waals surface area contributed by atoms with E-state index in [1.165, 1.54) is 18.5 Å². The van der Waals surface area contributed by atoms with Crippen LogP contribution in [0.5, 0.6) is 0 Å². The molecular formula is C10H13N3O3. The van der Waals surface area contributed by atoms with Crippen molar-refractivity contribution in [1.29, 1.82) is 0 Å². The van der Waals surface area contributed by atoms with Crippen LogP contribution in [0, 0.1) is 0 Å². The fourth-order valence-corrected chi connectivity index (χ4v) is 1.52. The fourth-order valence-electron chi connectivity index (χ4n) is 1.52. The first-order valence-corrected chi connectivity index (χ1v) is 5.04. The van der Waals surface area contributed by atoms with E-state index < -0.39 is 5.97 Å². The molecule has 1 aromatic rings. The highest BCUT2D eigenvalue weighted by Crippen LogP contribution is 2.14. The Morgan fingerprint density at radius 3 is 2.94 bits per heavy atom. The van der Waals surface area contributed by atoms with Crippen LogP contribution in [0.3, 0.4) is 0 Å². The average Bonchev–Trinajstić information content (AvgIpc) is 2.31. The molecule has 2 heterocycles. The number of carbonyl (C=O) groups is 1. The van der Waals surface area contributed by atoms with Crippen LogP contribution >= 0.6 is 0 Å². The zero-order valence-corrected chi connectivity index (χ0v) is 8.72. The van der Waals surface area contributed by atoms with Gasteiger partial charge in [0.1, 0.15) is 0 Å². The van der Waals surface area contributed by atoms with Crippen molar-refractivity contribution >= 4 is 11.7 Å². The van der Waals surface area contributed by atoms with Gasteiger partial charge in [-0.05, 0) is 6.07 Å². The molecule has 0 saturated carbocycles. The molecule has 6 nitrogen and oxygen atoms in total. The van der Waals surface area contributed by atoms with Gasteiger partial charge >= 0.3 is 5.97 Å². The van der Waals surface area contributed by atoms with Crippen molar-refractivity contribution in [2.24, 2.45) is 0 Å². The molecule has 0 aromatic carbocycles. The number of carboxylic acids is 1. The predicted octanol–water partition coefficient (Wildman–Crippen LogP) is 0.439. The molecule has 0 amide bonds. The van der Waals surface area contributed by atoms with Crippen LogP contribution in [-0.4, -0.2) is 47.4 Å². The van der Waals surface area contributed by atoms with Crippen molar-refractivity contribution in [3.05, 3.63) is 24.0 Å². The molecule has 6 heteroatoms. The second kappa shape index (κ2) is 4.91. The lowest BCUT2D eigenvalue weighted by atomic mass is 10.2. The van der Waals surface area contributed by atoms with E-state index >= 15 is 0 Å². The van der Waals surface area contributed by atoms with Gasteiger partial charge in [-0.1, -0.05) is 0 Å². The first-order chi connectivity index (χ1) is 7.77. The summed E-state index contributed by atoms with van der Waals surface area (Å²) in [6, 6.07) is 1.48. The molecule has 1 aliphatic heterocycles. The Morgan fingerprint density at radius 1 is 1.50 bits per heavy atom. The minimum absolute atomic E-state index is 0.224. The van der Waals surface area contributed by atoms with Gasteiger partial charge in [0, 0.05) is 19.3 Å². The van der Waals surface area contributed by atoms with Gasteiger partial charge in [0.15, 0.2) is 0 Å². The van der Waals surface area contributed by atoms with Gasteiger partial charge < -0.3 is 15.3 Å². The Hall–Kier alpha value is -1.66. The van der Waals surface area contributed by atoms with E-state index in [1.54, 1.807) is 0 Å². The quantitative estimate of drug-likeness (QED) is 0.774. The van der Waals surface area contributed by atoms with E-state index in [4.69, 9.17) is 9.84 Å². The van der Waals surface area contributed by atoms with Gasteiger partial charge in [0.2, 0.25) is 0 Å². The summed E-state index contributed by atoms with van der Waals surface area (Å²) >= 11 is 0. The van der Waals surface area contributed by atoms with Crippen molar-refractivity contribution in [2.75, 3.05) is 31.7 Å². The summed E-state index contributed by atoms with van der Waals surface area (Å²) in [6.45, 7) is 2.76. The number of carboxylic acid groups (broad SMARTS) is 1. The summed E-state index contributed by atoms with van der Waals surface area (Å²) in [6.07, 6.45) is 2.98. The molecule has 86 valence electrons. The fraction of sp³-hybridized carbons (Fsp3) is 0.400. The molecule has 0 spiro atoms. The number of hydrogen-bond acceptors (Lipinski definition) is 5. The molecule has 1 fully saturated rings.